The Morgan fingerprint density at radius 2 is 1.30 bits per heavy atom. The van der Waals surface area contributed by atoms with Crippen molar-refractivity contribution in [1.29, 1.82) is 0 Å². The van der Waals surface area contributed by atoms with Gasteiger partial charge >= 0.3 is 6.03 Å². The summed E-state index contributed by atoms with van der Waals surface area (Å²) in [6.45, 7) is 1.27. The molecule has 0 saturated carbocycles. The molecule has 3 aromatic carbocycles. The monoisotopic (exact) mass is 399 g/mol. The zero-order valence-corrected chi connectivity index (χ0v) is 16.8. The second kappa shape index (κ2) is 9.27. The maximum Gasteiger partial charge on any atom is 0.319 e. The molecule has 1 fully saturated rings. The van der Waals surface area contributed by atoms with Gasteiger partial charge in [-0.05, 0) is 48.2 Å². The van der Waals surface area contributed by atoms with Crippen LogP contribution in [0.3, 0.4) is 0 Å². The molecule has 5 heteroatoms. The van der Waals surface area contributed by atoms with Crippen molar-refractivity contribution in [2.75, 3.05) is 18.4 Å². The molecule has 30 heavy (non-hydrogen) atoms. The number of likely N-dealkylation sites (tertiary alicyclic amines) is 1. The first-order valence-corrected chi connectivity index (χ1v) is 10.3. The molecule has 1 heterocycles. The number of piperidine rings is 1. The van der Waals surface area contributed by atoms with Crippen LogP contribution in [0.25, 0.3) is 11.1 Å². The molecule has 1 aliphatic rings. The predicted octanol–water partition coefficient (Wildman–Crippen LogP) is 4.78. The van der Waals surface area contributed by atoms with Crippen LogP contribution < -0.4 is 10.6 Å². The van der Waals surface area contributed by atoms with E-state index in [0.717, 1.165) is 29.7 Å². The molecule has 4 rings (SSSR count). The fourth-order valence-corrected chi connectivity index (χ4v) is 3.72. The fraction of sp³-hybridized carbons (Fsp3) is 0.200. The minimum Gasteiger partial charge on any atom is -0.338 e. The molecule has 5 nitrogen and oxygen atoms in total. The van der Waals surface area contributed by atoms with Crippen LogP contribution in [-0.2, 0) is 0 Å². The quantitative estimate of drug-likeness (QED) is 0.663. The highest BCUT2D eigenvalue weighted by atomic mass is 16.2. The molecule has 3 aromatic rings. The van der Waals surface area contributed by atoms with Gasteiger partial charge in [0.2, 0.25) is 0 Å². The highest BCUT2D eigenvalue weighted by Crippen LogP contribution is 2.21. The lowest BCUT2D eigenvalue weighted by Crippen LogP contribution is -2.47. The standard InChI is InChI=1S/C25H25N3O2/c29-24(21-13-11-20(12-14-21)19-7-3-1-4-8-19)28-17-15-23(16-18-28)27-25(30)26-22-9-5-2-6-10-22/h1-14,23H,15-18H2,(H2,26,27,30). The van der Waals surface area contributed by atoms with Crippen molar-refractivity contribution >= 4 is 17.6 Å². The third kappa shape index (κ3) is 4.87. The molecule has 0 spiro atoms. The second-order valence-corrected chi connectivity index (χ2v) is 7.47. The number of nitrogens with zero attached hydrogens (tertiary/aromatic N) is 1. The molecule has 0 aromatic heterocycles. The van der Waals surface area contributed by atoms with Crippen molar-refractivity contribution < 1.29 is 9.59 Å². The maximum absolute atomic E-state index is 12.8. The molecule has 3 amide bonds. The van der Waals surface area contributed by atoms with Crippen molar-refractivity contribution in [1.82, 2.24) is 10.2 Å². The van der Waals surface area contributed by atoms with E-state index in [0.29, 0.717) is 18.7 Å². The zero-order chi connectivity index (χ0) is 20.8. The van der Waals surface area contributed by atoms with Gasteiger partial charge in [0.05, 0.1) is 0 Å². The third-order valence-electron chi connectivity index (χ3n) is 5.39. The van der Waals surface area contributed by atoms with Gasteiger partial charge in [-0.2, -0.15) is 0 Å². The molecular formula is C25H25N3O2. The van der Waals surface area contributed by atoms with Crippen molar-refractivity contribution in [2.24, 2.45) is 0 Å². The number of anilines is 1. The lowest BCUT2D eigenvalue weighted by atomic mass is 10.0. The number of hydrogen-bond acceptors (Lipinski definition) is 2. The Hall–Kier alpha value is -3.60. The van der Waals surface area contributed by atoms with E-state index in [1.165, 1.54) is 0 Å². The van der Waals surface area contributed by atoms with Gasteiger partial charge in [-0.15, -0.1) is 0 Å². The number of urea groups is 1. The summed E-state index contributed by atoms with van der Waals surface area (Å²) in [5.74, 6) is 0.0433. The minimum atomic E-state index is -0.206. The molecular weight excluding hydrogens is 374 g/mol. The highest BCUT2D eigenvalue weighted by molar-refractivity contribution is 5.95. The van der Waals surface area contributed by atoms with E-state index in [1.54, 1.807) is 0 Å². The smallest absolute Gasteiger partial charge is 0.319 e. The first kappa shape index (κ1) is 19.7. The Balaban J connectivity index is 1.28. The number of amides is 3. The average Bonchev–Trinajstić information content (AvgIpc) is 2.80. The number of rotatable bonds is 4. The molecule has 152 valence electrons. The van der Waals surface area contributed by atoms with E-state index in [2.05, 4.69) is 22.8 Å². The number of para-hydroxylation sites is 1. The minimum absolute atomic E-state index is 0.0433. The highest BCUT2D eigenvalue weighted by Gasteiger charge is 2.24. The summed E-state index contributed by atoms with van der Waals surface area (Å²) in [7, 11) is 0. The number of carbonyl (C=O) groups excluding carboxylic acids is 2. The number of hydrogen-bond donors (Lipinski definition) is 2. The fourth-order valence-electron chi connectivity index (χ4n) is 3.72. The van der Waals surface area contributed by atoms with Gasteiger partial charge in [-0.3, -0.25) is 4.79 Å². The third-order valence-corrected chi connectivity index (χ3v) is 5.39. The molecule has 0 radical (unpaired) electrons. The van der Waals surface area contributed by atoms with Crippen molar-refractivity contribution in [3.63, 3.8) is 0 Å². The van der Waals surface area contributed by atoms with Crippen LogP contribution in [0.1, 0.15) is 23.2 Å². The molecule has 0 atom stereocenters. The van der Waals surface area contributed by atoms with Crippen molar-refractivity contribution in [3.8, 4) is 11.1 Å². The first-order valence-electron chi connectivity index (χ1n) is 10.3. The second-order valence-electron chi connectivity index (χ2n) is 7.47. The SMILES string of the molecule is O=C(Nc1ccccc1)NC1CCN(C(=O)c2ccc(-c3ccccc3)cc2)CC1. The van der Waals surface area contributed by atoms with Gasteiger partial charge in [-0.25, -0.2) is 4.79 Å². The van der Waals surface area contributed by atoms with E-state index in [9.17, 15) is 9.59 Å². The van der Waals surface area contributed by atoms with Gasteiger partial charge in [0, 0.05) is 30.4 Å². The summed E-state index contributed by atoms with van der Waals surface area (Å²) in [6, 6.07) is 27.1. The maximum atomic E-state index is 12.8. The van der Waals surface area contributed by atoms with E-state index in [1.807, 2.05) is 77.7 Å². The summed E-state index contributed by atoms with van der Waals surface area (Å²) in [5, 5.41) is 5.84. The van der Waals surface area contributed by atoms with Crippen molar-refractivity contribution in [2.45, 2.75) is 18.9 Å². The molecule has 0 unspecified atom stereocenters. The Labute approximate surface area is 176 Å². The molecule has 1 aliphatic heterocycles. The summed E-state index contributed by atoms with van der Waals surface area (Å²) in [6.07, 6.45) is 1.49. The van der Waals surface area contributed by atoms with Crippen LogP contribution in [-0.4, -0.2) is 36.0 Å². The van der Waals surface area contributed by atoms with E-state index >= 15 is 0 Å². The Morgan fingerprint density at radius 1 is 0.733 bits per heavy atom. The van der Waals surface area contributed by atoms with Gasteiger partial charge in [-0.1, -0.05) is 60.7 Å². The van der Waals surface area contributed by atoms with Gasteiger partial charge in [0.25, 0.3) is 5.91 Å². The van der Waals surface area contributed by atoms with E-state index < -0.39 is 0 Å². The Morgan fingerprint density at radius 3 is 1.93 bits per heavy atom. The Kier molecular flexibility index (Phi) is 6.09. The van der Waals surface area contributed by atoms with E-state index in [4.69, 9.17) is 0 Å². The number of benzene rings is 3. The van der Waals surface area contributed by atoms with Gasteiger partial charge in [0.15, 0.2) is 0 Å². The zero-order valence-electron chi connectivity index (χ0n) is 16.8. The normalized spacial score (nSPS) is 14.2. The average molecular weight is 399 g/mol. The summed E-state index contributed by atoms with van der Waals surface area (Å²) < 4.78 is 0. The van der Waals surface area contributed by atoms with Gasteiger partial charge < -0.3 is 15.5 Å². The van der Waals surface area contributed by atoms with Crippen LogP contribution >= 0.6 is 0 Å². The first-order chi connectivity index (χ1) is 14.7. The van der Waals surface area contributed by atoms with Crippen molar-refractivity contribution in [3.05, 3.63) is 90.5 Å². The lowest BCUT2D eigenvalue weighted by Gasteiger charge is -2.32. The predicted molar refractivity (Wildman–Crippen MR) is 119 cm³/mol. The van der Waals surface area contributed by atoms with Gasteiger partial charge in [0.1, 0.15) is 0 Å². The summed E-state index contributed by atoms with van der Waals surface area (Å²) in [4.78, 5) is 26.9. The Bertz CT molecular complexity index is 980. The largest absolute Gasteiger partial charge is 0.338 e. The van der Waals surface area contributed by atoms with Crippen LogP contribution in [0, 0.1) is 0 Å². The molecule has 2 N–H and O–H groups in total. The summed E-state index contributed by atoms with van der Waals surface area (Å²) in [5.41, 5.74) is 3.70. The number of nitrogens with one attached hydrogen (secondary N) is 2. The summed E-state index contributed by atoms with van der Waals surface area (Å²) >= 11 is 0. The topological polar surface area (TPSA) is 61.4 Å². The lowest BCUT2D eigenvalue weighted by molar-refractivity contribution is 0.0709. The molecule has 0 aliphatic carbocycles. The van der Waals surface area contributed by atoms with Crippen LogP contribution in [0.15, 0.2) is 84.9 Å². The van der Waals surface area contributed by atoms with E-state index in [-0.39, 0.29) is 18.0 Å². The molecule has 0 bridgehead atoms. The molecule has 1 saturated heterocycles. The van der Waals surface area contributed by atoms with Crippen LogP contribution in [0.4, 0.5) is 10.5 Å². The van der Waals surface area contributed by atoms with Crippen LogP contribution in [0.5, 0.6) is 0 Å². The van der Waals surface area contributed by atoms with Crippen LogP contribution in [0.2, 0.25) is 0 Å². The number of carbonyl (C=O) groups is 2.